The summed E-state index contributed by atoms with van der Waals surface area (Å²) in [6.07, 6.45) is 3.81. The van der Waals surface area contributed by atoms with Crippen molar-refractivity contribution >= 4 is 11.6 Å². The molecule has 1 aliphatic rings. The zero-order chi connectivity index (χ0) is 11.5. The van der Waals surface area contributed by atoms with Gasteiger partial charge in [-0.1, -0.05) is 31.0 Å². The Labute approximate surface area is 101 Å². The third kappa shape index (κ3) is 2.96. The molecule has 0 amide bonds. The maximum Gasteiger partial charge on any atom is 0.142 e. The number of hydrogen-bond donors (Lipinski definition) is 1. The van der Waals surface area contributed by atoms with Crippen molar-refractivity contribution in [1.29, 1.82) is 0 Å². The number of nitrogens with one attached hydrogen (secondary N) is 1. The predicted molar refractivity (Wildman–Crippen MR) is 65.1 cm³/mol. The van der Waals surface area contributed by atoms with E-state index in [0.717, 1.165) is 18.0 Å². The Hall–Kier alpha value is -0.600. The van der Waals surface area contributed by atoms with Crippen LogP contribution in [0.4, 0.5) is 4.39 Å². The van der Waals surface area contributed by atoms with Crippen LogP contribution in [0, 0.1) is 11.7 Å². The van der Waals surface area contributed by atoms with Crippen LogP contribution in [0.2, 0.25) is 5.02 Å². The van der Waals surface area contributed by atoms with Gasteiger partial charge < -0.3 is 5.32 Å². The molecule has 0 aliphatic heterocycles. The molecule has 0 saturated heterocycles. The zero-order valence-corrected chi connectivity index (χ0v) is 10.2. The van der Waals surface area contributed by atoms with Crippen LogP contribution in [0.3, 0.4) is 0 Å². The summed E-state index contributed by atoms with van der Waals surface area (Å²) in [5, 5.41) is 3.64. The molecule has 1 aromatic rings. The van der Waals surface area contributed by atoms with Crippen molar-refractivity contribution in [2.24, 2.45) is 5.92 Å². The standard InChI is InChI=1S/C13H17ClFN/c1-2-3-10-7-13(10)16-8-9-4-5-11(14)12(15)6-9/h4-6,10,13,16H,2-3,7-8H2,1H3. The zero-order valence-electron chi connectivity index (χ0n) is 9.47. The van der Waals surface area contributed by atoms with Gasteiger partial charge in [-0.05, 0) is 36.5 Å². The number of benzene rings is 1. The van der Waals surface area contributed by atoms with Crippen molar-refractivity contribution in [3.05, 3.63) is 34.6 Å². The molecule has 1 nitrogen and oxygen atoms in total. The molecule has 0 heterocycles. The second-order valence-electron chi connectivity index (χ2n) is 4.52. The van der Waals surface area contributed by atoms with E-state index < -0.39 is 0 Å². The molecule has 16 heavy (non-hydrogen) atoms. The number of rotatable bonds is 5. The lowest BCUT2D eigenvalue weighted by atomic mass is 10.2. The van der Waals surface area contributed by atoms with Crippen molar-refractivity contribution in [3.63, 3.8) is 0 Å². The molecule has 3 heteroatoms. The molecule has 0 radical (unpaired) electrons. The monoisotopic (exact) mass is 241 g/mol. The lowest BCUT2D eigenvalue weighted by molar-refractivity contribution is 0.592. The summed E-state index contributed by atoms with van der Waals surface area (Å²) >= 11 is 5.62. The largest absolute Gasteiger partial charge is 0.310 e. The van der Waals surface area contributed by atoms with Crippen molar-refractivity contribution in [2.75, 3.05) is 0 Å². The molecule has 88 valence electrons. The molecule has 1 aliphatic carbocycles. The highest BCUT2D eigenvalue weighted by Crippen LogP contribution is 2.34. The summed E-state index contributed by atoms with van der Waals surface area (Å²) in [7, 11) is 0. The summed E-state index contributed by atoms with van der Waals surface area (Å²) in [5.74, 6) is 0.504. The van der Waals surface area contributed by atoms with Crippen LogP contribution in [0.25, 0.3) is 0 Å². The molecule has 2 rings (SSSR count). The maximum absolute atomic E-state index is 13.2. The maximum atomic E-state index is 13.2. The van der Waals surface area contributed by atoms with E-state index in [1.807, 2.05) is 6.07 Å². The first-order valence-electron chi connectivity index (χ1n) is 5.88. The van der Waals surface area contributed by atoms with Crippen molar-refractivity contribution in [3.8, 4) is 0 Å². The number of hydrogen-bond acceptors (Lipinski definition) is 1. The van der Waals surface area contributed by atoms with E-state index >= 15 is 0 Å². The van der Waals surface area contributed by atoms with Gasteiger partial charge in [-0.2, -0.15) is 0 Å². The summed E-state index contributed by atoms with van der Waals surface area (Å²) < 4.78 is 13.2. The highest BCUT2D eigenvalue weighted by atomic mass is 35.5. The SMILES string of the molecule is CCCC1CC1NCc1ccc(Cl)c(F)c1. The first kappa shape index (κ1) is 11.9. The highest BCUT2D eigenvalue weighted by Gasteiger charge is 2.35. The molecule has 1 N–H and O–H groups in total. The lowest BCUT2D eigenvalue weighted by Crippen LogP contribution is -2.17. The Morgan fingerprint density at radius 1 is 1.50 bits per heavy atom. The number of halogens is 2. The minimum atomic E-state index is -0.332. The van der Waals surface area contributed by atoms with Gasteiger partial charge in [-0.15, -0.1) is 0 Å². The second kappa shape index (κ2) is 5.15. The van der Waals surface area contributed by atoms with Crippen LogP contribution in [-0.2, 0) is 6.54 Å². The second-order valence-corrected chi connectivity index (χ2v) is 4.93. The molecular formula is C13H17ClFN. The molecule has 1 aromatic carbocycles. The van der Waals surface area contributed by atoms with Crippen LogP contribution in [-0.4, -0.2) is 6.04 Å². The average Bonchev–Trinajstić information content (AvgIpc) is 2.99. The molecule has 0 bridgehead atoms. The van der Waals surface area contributed by atoms with Gasteiger partial charge in [0.05, 0.1) is 5.02 Å². The molecule has 2 unspecified atom stereocenters. The minimum Gasteiger partial charge on any atom is -0.310 e. The van der Waals surface area contributed by atoms with Crippen LogP contribution in [0.1, 0.15) is 31.7 Å². The van der Waals surface area contributed by atoms with Gasteiger partial charge in [-0.25, -0.2) is 4.39 Å². The van der Waals surface area contributed by atoms with Gasteiger partial charge in [0.2, 0.25) is 0 Å². The van der Waals surface area contributed by atoms with Gasteiger partial charge in [0.1, 0.15) is 5.82 Å². The summed E-state index contributed by atoms with van der Waals surface area (Å²) in [6, 6.07) is 5.63. The quantitative estimate of drug-likeness (QED) is 0.828. The Balaban J connectivity index is 1.80. The van der Waals surface area contributed by atoms with Gasteiger partial charge in [0, 0.05) is 12.6 Å². The van der Waals surface area contributed by atoms with Crippen LogP contribution in [0.5, 0.6) is 0 Å². The van der Waals surface area contributed by atoms with Gasteiger partial charge in [0.15, 0.2) is 0 Å². The van der Waals surface area contributed by atoms with Crippen LogP contribution < -0.4 is 5.32 Å². The van der Waals surface area contributed by atoms with Gasteiger partial charge in [0.25, 0.3) is 0 Å². The third-order valence-electron chi connectivity index (χ3n) is 3.13. The third-order valence-corrected chi connectivity index (χ3v) is 3.44. The van der Waals surface area contributed by atoms with Gasteiger partial charge in [-0.3, -0.25) is 0 Å². The van der Waals surface area contributed by atoms with Crippen molar-refractivity contribution in [2.45, 2.75) is 38.8 Å². The highest BCUT2D eigenvalue weighted by molar-refractivity contribution is 6.30. The fourth-order valence-electron chi connectivity index (χ4n) is 2.09. The summed E-state index contributed by atoms with van der Waals surface area (Å²) in [6.45, 7) is 2.95. The Kier molecular flexibility index (Phi) is 3.82. The molecule has 1 saturated carbocycles. The van der Waals surface area contributed by atoms with Crippen LogP contribution >= 0.6 is 11.6 Å². The van der Waals surface area contributed by atoms with Gasteiger partial charge >= 0.3 is 0 Å². The van der Waals surface area contributed by atoms with E-state index in [4.69, 9.17) is 11.6 Å². The van der Waals surface area contributed by atoms with Crippen molar-refractivity contribution < 1.29 is 4.39 Å². The predicted octanol–water partition coefficient (Wildman–Crippen LogP) is 3.76. The first-order valence-corrected chi connectivity index (χ1v) is 6.25. The van der Waals surface area contributed by atoms with E-state index in [0.29, 0.717) is 6.04 Å². The summed E-state index contributed by atoms with van der Waals surface area (Å²) in [4.78, 5) is 0. The Bertz CT molecular complexity index is 367. The lowest BCUT2D eigenvalue weighted by Gasteiger charge is -2.05. The first-order chi connectivity index (χ1) is 7.70. The smallest absolute Gasteiger partial charge is 0.142 e. The minimum absolute atomic E-state index is 0.194. The van der Waals surface area contributed by atoms with Crippen LogP contribution in [0.15, 0.2) is 18.2 Å². The molecule has 2 atom stereocenters. The van der Waals surface area contributed by atoms with Crippen molar-refractivity contribution in [1.82, 2.24) is 5.32 Å². The van der Waals surface area contributed by atoms with E-state index in [2.05, 4.69) is 12.2 Å². The topological polar surface area (TPSA) is 12.0 Å². The molecule has 0 spiro atoms. The fourth-order valence-corrected chi connectivity index (χ4v) is 2.20. The van der Waals surface area contributed by atoms with E-state index in [9.17, 15) is 4.39 Å². The fraction of sp³-hybridized carbons (Fsp3) is 0.538. The van der Waals surface area contributed by atoms with E-state index in [-0.39, 0.29) is 10.8 Å². The molecule has 0 aromatic heterocycles. The Morgan fingerprint density at radius 3 is 3.00 bits per heavy atom. The normalized spacial score (nSPS) is 23.4. The van der Waals surface area contributed by atoms with E-state index in [1.165, 1.54) is 25.3 Å². The van der Waals surface area contributed by atoms with E-state index in [1.54, 1.807) is 6.07 Å². The Morgan fingerprint density at radius 2 is 2.31 bits per heavy atom. The molecule has 1 fully saturated rings. The average molecular weight is 242 g/mol. The summed E-state index contributed by atoms with van der Waals surface area (Å²) in [5.41, 5.74) is 0.962. The molecular weight excluding hydrogens is 225 g/mol.